The van der Waals surface area contributed by atoms with Crippen LogP contribution < -0.4 is 4.74 Å². The van der Waals surface area contributed by atoms with E-state index >= 15 is 0 Å². The van der Waals surface area contributed by atoms with Crippen LogP contribution in [0.5, 0.6) is 5.75 Å². The highest BCUT2D eigenvalue weighted by Crippen LogP contribution is 2.37. The fourth-order valence-corrected chi connectivity index (χ4v) is 5.04. The van der Waals surface area contributed by atoms with Crippen LogP contribution in [0.1, 0.15) is 47.4 Å². The van der Waals surface area contributed by atoms with Crippen LogP contribution in [0.3, 0.4) is 0 Å². The molecule has 5 rings (SSSR count). The molecule has 2 aromatic rings. The second-order valence-corrected chi connectivity index (χ2v) is 9.03. The van der Waals surface area contributed by atoms with Gasteiger partial charge in [-0.1, -0.05) is 18.2 Å². The number of aryl methyl sites for hydroxylation is 1. The number of hydrogen-bond acceptors (Lipinski definition) is 5. The van der Waals surface area contributed by atoms with Gasteiger partial charge in [0.15, 0.2) is 12.3 Å². The van der Waals surface area contributed by atoms with Crippen LogP contribution in [0.2, 0.25) is 0 Å². The summed E-state index contributed by atoms with van der Waals surface area (Å²) in [7, 11) is 1.91. The smallest absolute Gasteiger partial charge is 0.274 e. The first-order valence-electron chi connectivity index (χ1n) is 11.5. The van der Waals surface area contributed by atoms with Crippen molar-refractivity contribution in [1.29, 1.82) is 0 Å². The molecule has 1 spiro atoms. The highest BCUT2D eigenvalue weighted by atomic mass is 16.5. The summed E-state index contributed by atoms with van der Waals surface area (Å²) < 4.78 is 13.8. The summed E-state index contributed by atoms with van der Waals surface area (Å²) >= 11 is 0. The van der Waals surface area contributed by atoms with Gasteiger partial charge in [-0.3, -0.25) is 14.3 Å². The Morgan fingerprint density at radius 2 is 1.78 bits per heavy atom. The minimum absolute atomic E-state index is 0.000712. The van der Waals surface area contributed by atoms with Crippen molar-refractivity contribution >= 4 is 11.8 Å². The van der Waals surface area contributed by atoms with Crippen molar-refractivity contribution in [3.05, 3.63) is 47.3 Å². The van der Waals surface area contributed by atoms with Crippen molar-refractivity contribution in [2.24, 2.45) is 7.05 Å². The molecule has 0 unspecified atom stereocenters. The van der Waals surface area contributed by atoms with Gasteiger partial charge in [0.1, 0.15) is 5.75 Å². The standard InChI is InChI=1S/C24H30N4O4/c1-26-20-15-24(32-16-19(20)22(25-26)23(30)28-11-5-6-12-28)9-13-27(14-10-24)21(29)17-31-18-7-3-2-4-8-18/h2-4,7-8H,5-6,9-17H2,1H3. The number of ether oxygens (including phenoxy) is 2. The van der Waals surface area contributed by atoms with Crippen molar-refractivity contribution in [1.82, 2.24) is 19.6 Å². The van der Waals surface area contributed by atoms with E-state index in [2.05, 4.69) is 5.10 Å². The molecule has 0 atom stereocenters. The van der Waals surface area contributed by atoms with Crippen LogP contribution in [0.15, 0.2) is 30.3 Å². The summed E-state index contributed by atoms with van der Waals surface area (Å²) in [6, 6.07) is 9.40. The normalized spacial score (nSPS) is 19.8. The molecular weight excluding hydrogens is 408 g/mol. The van der Waals surface area contributed by atoms with Crippen molar-refractivity contribution in [3.63, 3.8) is 0 Å². The zero-order valence-corrected chi connectivity index (χ0v) is 18.6. The van der Waals surface area contributed by atoms with Crippen molar-refractivity contribution < 1.29 is 19.1 Å². The molecule has 8 nitrogen and oxygen atoms in total. The molecule has 2 fully saturated rings. The lowest BCUT2D eigenvalue weighted by Gasteiger charge is -2.43. The maximum atomic E-state index is 12.9. The molecule has 2 saturated heterocycles. The van der Waals surface area contributed by atoms with E-state index in [1.54, 1.807) is 0 Å². The number of carbonyl (C=O) groups excluding carboxylic acids is 2. The summed E-state index contributed by atoms with van der Waals surface area (Å²) in [5.41, 5.74) is 2.27. The summed E-state index contributed by atoms with van der Waals surface area (Å²) in [6.45, 7) is 3.36. The van der Waals surface area contributed by atoms with Gasteiger partial charge in [0.05, 0.1) is 12.2 Å². The number of nitrogens with zero attached hydrogens (tertiary/aromatic N) is 4. The fourth-order valence-electron chi connectivity index (χ4n) is 5.04. The number of hydrogen-bond donors (Lipinski definition) is 0. The molecular formula is C24H30N4O4. The highest BCUT2D eigenvalue weighted by Gasteiger charge is 2.43. The number of aromatic nitrogens is 2. The Morgan fingerprint density at radius 3 is 2.50 bits per heavy atom. The second kappa shape index (κ2) is 8.58. The molecule has 3 aliphatic rings. The van der Waals surface area contributed by atoms with Gasteiger partial charge < -0.3 is 19.3 Å². The molecule has 0 N–H and O–H groups in total. The molecule has 0 aliphatic carbocycles. The fraction of sp³-hybridized carbons (Fsp3) is 0.542. The largest absolute Gasteiger partial charge is 0.484 e. The molecule has 4 heterocycles. The minimum Gasteiger partial charge on any atom is -0.484 e. The van der Waals surface area contributed by atoms with Gasteiger partial charge in [-0.05, 0) is 37.8 Å². The molecule has 8 heteroatoms. The molecule has 1 aromatic carbocycles. The van der Waals surface area contributed by atoms with E-state index in [0.717, 1.165) is 56.5 Å². The van der Waals surface area contributed by atoms with Crippen molar-refractivity contribution in [2.45, 2.75) is 44.3 Å². The number of fused-ring (bicyclic) bond motifs is 1. The average molecular weight is 439 g/mol. The molecule has 0 bridgehead atoms. The van der Waals surface area contributed by atoms with Crippen LogP contribution in [-0.2, 0) is 29.6 Å². The monoisotopic (exact) mass is 438 g/mol. The number of benzene rings is 1. The lowest BCUT2D eigenvalue weighted by Crippen LogP contribution is -2.51. The quantitative estimate of drug-likeness (QED) is 0.731. The lowest BCUT2D eigenvalue weighted by atomic mass is 9.83. The van der Waals surface area contributed by atoms with Crippen molar-refractivity contribution in [2.75, 3.05) is 32.8 Å². The molecule has 32 heavy (non-hydrogen) atoms. The Balaban J connectivity index is 1.21. The van der Waals surface area contributed by atoms with Gasteiger partial charge in [-0.25, -0.2) is 0 Å². The summed E-state index contributed by atoms with van der Waals surface area (Å²) in [5, 5.41) is 4.58. The third-order valence-corrected chi connectivity index (χ3v) is 7.02. The molecule has 1 aromatic heterocycles. The predicted octanol–water partition coefficient (Wildman–Crippen LogP) is 2.17. The number of carbonyl (C=O) groups is 2. The van der Waals surface area contributed by atoms with Crippen LogP contribution >= 0.6 is 0 Å². The summed E-state index contributed by atoms with van der Waals surface area (Å²) in [4.78, 5) is 29.3. The Labute approximate surface area is 188 Å². The highest BCUT2D eigenvalue weighted by molar-refractivity contribution is 5.94. The average Bonchev–Trinajstić information content (AvgIpc) is 3.47. The van der Waals surface area contributed by atoms with Gasteiger partial charge in [0.2, 0.25) is 0 Å². The molecule has 3 aliphatic heterocycles. The van der Waals surface area contributed by atoms with E-state index in [1.807, 2.05) is 51.9 Å². The molecule has 0 saturated carbocycles. The van der Waals surface area contributed by atoms with E-state index < -0.39 is 0 Å². The SMILES string of the molecule is Cn1nc(C(=O)N2CCCC2)c2c1CC1(CCN(C(=O)COc3ccccc3)CC1)OC2. The maximum absolute atomic E-state index is 12.9. The van der Waals surface area contributed by atoms with Crippen molar-refractivity contribution in [3.8, 4) is 5.75 Å². The topological polar surface area (TPSA) is 76.9 Å². The number of piperidine rings is 1. The van der Waals surface area contributed by atoms with Gasteiger partial charge in [-0.15, -0.1) is 0 Å². The first-order valence-corrected chi connectivity index (χ1v) is 11.5. The van der Waals surface area contributed by atoms with Gasteiger partial charge >= 0.3 is 0 Å². The Morgan fingerprint density at radius 1 is 1.06 bits per heavy atom. The number of amides is 2. The Bertz CT molecular complexity index is 989. The third-order valence-electron chi connectivity index (χ3n) is 7.02. The number of rotatable bonds is 4. The van der Waals surface area contributed by atoms with E-state index in [0.29, 0.717) is 31.1 Å². The zero-order chi connectivity index (χ0) is 22.1. The van der Waals surface area contributed by atoms with E-state index in [1.165, 1.54) is 0 Å². The minimum atomic E-state index is -0.300. The predicted molar refractivity (Wildman–Crippen MR) is 117 cm³/mol. The molecule has 2 amide bonds. The first kappa shape index (κ1) is 21.0. The van der Waals surface area contributed by atoms with Gasteiger partial charge in [-0.2, -0.15) is 5.10 Å². The third kappa shape index (κ3) is 3.99. The number of likely N-dealkylation sites (tertiary alicyclic amines) is 2. The second-order valence-electron chi connectivity index (χ2n) is 9.03. The van der Waals surface area contributed by atoms with E-state index in [4.69, 9.17) is 9.47 Å². The Hall–Kier alpha value is -2.87. The maximum Gasteiger partial charge on any atom is 0.274 e. The van der Waals surface area contributed by atoms with E-state index in [9.17, 15) is 9.59 Å². The molecule has 0 radical (unpaired) electrons. The van der Waals surface area contributed by atoms with E-state index in [-0.39, 0.29) is 24.0 Å². The van der Waals surface area contributed by atoms with Crippen LogP contribution in [0.4, 0.5) is 0 Å². The summed E-state index contributed by atoms with van der Waals surface area (Å²) in [5.74, 6) is 0.727. The lowest BCUT2D eigenvalue weighted by molar-refractivity contribution is -0.143. The van der Waals surface area contributed by atoms with Gasteiger partial charge in [0, 0.05) is 50.9 Å². The zero-order valence-electron chi connectivity index (χ0n) is 18.6. The van der Waals surface area contributed by atoms with Crippen LogP contribution in [-0.4, -0.2) is 69.8 Å². The number of para-hydroxylation sites is 1. The van der Waals surface area contributed by atoms with Crippen LogP contribution in [0.25, 0.3) is 0 Å². The van der Waals surface area contributed by atoms with Crippen LogP contribution in [0, 0.1) is 0 Å². The Kier molecular flexibility index (Phi) is 5.63. The first-order chi connectivity index (χ1) is 15.5. The molecule has 170 valence electrons. The van der Waals surface area contributed by atoms with Gasteiger partial charge in [0.25, 0.3) is 11.8 Å². The summed E-state index contributed by atoms with van der Waals surface area (Å²) in [6.07, 6.45) is 4.38.